The van der Waals surface area contributed by atoms with Gasteiger partial charge in [-0.25, -0.2) is 0 Å². The van der Waals surface area contributed by atoms with E-state index in [2.05, 4.69) is 10.3 Å². The number of nitrogens with zero attached hydrogens (tertiary/aromatic N) is 1. The molecule has 0 radical (unpaired) electrons. The van der Waals surface area contributed by atoms with Crippen molar-refractivity contribution in [3.63, 3.8) is 0 Å². The van der Waals surface area contributed by atoms with Crippen LogP contribution in [0.1, 0.15) is 5.56 Å². The van der Waals surface area contributed by atoms with Crippen molar-refractivity contribution in [3.05, 3.63) is 66.4 Å². The number of pyridine rings is 1. The van der Waals surface area contributed by atoms with Crippen LogP contribution in [0.5, 0.6) is 5.75 Å². The molecule has 22 heavy (non-hydrogen) atoms. The Labute approximate surface area is 128 Å². The van der Waals surface area contributed by atoms with Crippen molar-refractivity contribution in [1.29, 1.82) is 0 Å². The van der Waals surface area contributed by atoms with Crippen molar-refractivity contribution < 1.29 is 9.53 Å². The summed E-state index contributed by atoms with van der Waals surface area (Å²) in [5.41, 5.74) is 2.52. The van der Waals surface area contributed by atoms with Crippen molar-refractivity contribution in [2.24, 2.45) is 0 Å². The van der Waals surface area contributed by atoms with E-state index in [0.717, 1.165) is 22.2 Å². The molecule has 0 atom stereocenters. The maximum absolute atomic E-state index is 12.1. The molecule has 0 aliphatic carbocycles. The number of amides is 1. The van der Waals surface area contributed by atoms with Gasteiger partial charge in [0.15, 0.2) is 0 Å². The highest BCUT2D eigenvalue weighted by atomic mass is 16.5. The number of carbonyl (C=O) groups excluding carboxylic acids is 1. The van der Waals surface area contributed by atoms with E-state index in [4.69, 9.17) is 4.74 Å². The van der Waals surface area contributed by atoms with Gasteiger partial charge in [-0.05, 0) is 29.8 Å². The monoisotopic (exact) mass is 292 g/mol. The summed E-state index contributed by atoms with van der Waals surface area (Å²) in [6, 6.07) is 17.2. The third-order valence-electron chi connectivity index (χ3n) is 3.37. The summed E-state index contributed by atoms with van der Waals surface area (Å²) < 4.78 is 5.16. The zero-order valence-electron chi connectivity index (χ0n) is 12.2. The summed E-state index contributed by atoms with van der Waals surface area (Å²) in [4.78, 5) is 16.5. The fourth-order valence-electron chi connectivity index (χ4n) is 2.31. The quantitative estimate of drug-likeness (QED) is 0.801. The second kappa shape index (κ2) is 6.26. The zero-order valence-corrected chi connectivity index (χ0v) is 12.2. The van der Waals surface area contributed by atoms with Gasteiger partial charge in [-0.2, -0.15) is 0 Å². The van der Waals surface area contributed by atoms with E-state index in [1.165, 1.54) is 0 Å². The molecule has 2 aromatic carbocycles. The highest BCUT2D eigenvalue weighted by Crippen LogP contribution is 2.17. The molecule has 4 heteroatoms. The van der Waals surface area contributed by atoms with Crippen LogP contribution in [-0.4, -0.2) is 18.0 Å². The predicted molar refractivity (Wildman–Crippen MR) is 87.1 cm³/mol. The molecule has 3 aromatic rings. The van der Waals surface area contributed by atoms with Gasteiger partial charge < -0.3 is 10.1 Å². The molecule has 0 spiro atoms. The molecule has 0 unspecified atom stereocenters. The minimum atomic E-state index is -0.0784. The van der Waals surface area contributed by atoms with Crippen LogP contribution in [0.4, 0.5) is 5.69 Å². The Hall–Kier alpha value is -2.88. The first-order valence-corrected chi connectivity index (χ1v) is 7.02. The fourth-order valence-corrected chi connectivity index (χ4v) is 2.31. The zero-order chi connectivity index (χ0) is 15.4. The van der Waals surface area contributed by atoms with Crippen LogP contribution < -0.4 is 10.1 Å². The lowest BCUT2D eigenvalue weighted by Crippen LogP contribution is -2.14. The number of methoxy groups -OCH3 is 1. The highest BCUT2D eigenvalue weighted by molar-refractivity contribution is 5.94. The van der Waals surface area contributed by atoms with E-state index in [0.29, 0.717) is 12.1 Å². The van der Waals surface area contributed by atoms with E-state index in [9.17, 15) is 4.79 Å². The summed E-state index contributed by atoms with van der Waals surface area (Å²) in [6.07, 6.45) is 1.97. The average Bonchev–Trinajstić information content (AvgIpc) is 2.55. The van der Waals surface area contributed by atoms with Gasteiger partial charge in [0.25, 0.3) is 0 Å². The Bertz CT molecular complexity index is 815. The third-order valence-corrected chi connectivity index (χ3v) is 3.37. The summed E-state index contributed by atoms with van der Waals surface area (Å²) >= 11 is 0. The van der Waals surface area contributed by atoms with Crippen LogP contribution in [0.15, 0.2) is 60.8 Å². The summed E-state index contributed by atoms with van der Waals surface area (Å²) in [7, 11) is 1.61. The lowest BCUT2D eigenvalue weighted by molar-refractivity contribution is -0.115. The van der Waals surface area contributed by atoms with Gasteiger partial charge in [0.1, 0.15) is 5.75 Å². The van der Waals surface area contributed by atoms with Gasteiger partial charge in [0.05, 0.1) is 30.9 Å². The van der Waals surface area contributed by atoms with Crippen LogP contribution >= 0.6 is 0 Å². The number of fused-ring (bicyclic) bond motifs is 1. The second-order valence-electron chi connectivity index (χ2n) is 4.99. The van der Waals surface area contributed by atoms with Crippen LogP contribution in [0, 0.1) is 0 Å². The minimum absolute atomic E-state index is 0.0784. The Morgan fingerprint density at radius 2 is 2.00 bits per heavy atom. The van der Waals surface area contributed by atoms with Gasteiger partial charge in [-0.15, -0.1) is 0 Å². The average molecular weight is 292 g/mol. The normalized spacial score (nSPS) is 10.4. The van der Waals surface area contributed by atoms with E-state index < -0.39 is 0 Å². The number of benzene rings is 2. The molecule has 1 N–H and O–H groups in total. The molecule has 1 aromatic heterocycles. The number of rotatable bonds is 4. The number of aromatic nitrogens is 1. The van der Waals surface area contributed by atoms with Crippen LogP contribution in [-0.2, 0) is 11.2 Å². The smallest absolute Gasteiger partial charge is 0.228 e. The van der Waals surface area contributed by atoms with Gasteiger partial charge >= 0.3 is 0 Å². The number of hydrogen-bond acceptors (Lipinski definition) is 3. The summed E-state index contributed by atoms with van der Waals surface area (Å²) in [5.74, 6) is 0.669. The first kappa shape index (κ1) is 14.1. The lowest BCUT2D eigenvalue weighted by atomic mass is 10.1. The Morgan fingerprint density at radius 3 is 2.86 bits per heavy atom. The molecular weight excluding hydrogens is 276 g/mol. The van der Waals surface area contributed by atoms with E-state index >= 15 is 0 Å². The standard InChI is InChI=1S/C18H16N2O2/c1-22-16-7-4-5-13(9-16)10-18(21)20-15-11-14-6-2-3-8-17(14)19-12-15/h2-9,11-12H,10H2,1H3,(H,20,21). The number of anilines is 1. The third kappa shape index (κ3) is 3.23. The molecule has 3 rings (SSSR count). The van der Waals surface area contributed by atoms with Gasteiger partial charge in [-0.3, -0.25) is 9.78 Å². The van der Waals surface area contributed by atoms with Gasteiger partial charge in [-0.1, -0.05) is 30.3 Å². The number of carbonyl (C=O) groups is 1. The first-order valence-electron chi connectivity index (χ1n) is 7.02. The maximum Gasteiger partial charge on any atom is 0.228 e. The molecule has 1 amide bonds. The molecule has 0 saturated heterocycles. The van der Waals surface area contributed by atoms with Crippen molar-refractivity contribution in [1.82, 2.24) is 4.98 Å². The van der Waals surface area contributed by atoms with Gasteiger partial charge in [0, 0.05) is 5.39 Å². The van der Waals surface area contributed by atoms with Crippen molar-refractivity contribution in [3.8, 4) is 5.75 Å². The fraction of sp³-hybridized carbons (Fsp3) is 0.111. The summed E-state index contributed by atoms with van der Waals surface area (Å²) in [5, 5.41) is 3.88. The molecular formula is C18H16N2O2. The second-order valence-corrected chi connectivity index (χ2v) is 4.99. The molecule has 0 saturated carbocycles. The van der Waals surface area contributed by atoms with Crippen LogP contribution in [0.2, 0.25) is 0 Å². The highest BCUT2D eigenvalue weighted by Gasteiger charge is 2.06. The molecule has 1 heterocycles. The molecule has 0 fully saturated rings. The molecule has 4 nitrogen and oxygen atoms in total. The number of hydrogen-bond donors (Lipinski definition) is 1. The lowest BCUT2D eigenvalue weighted by Gasteiger charge is -2.07. The van der Waals surface area contributed by atoms with Gasteiger partial charge in [0.2, 0.25) is 5.91 Å². The minimum Gasteiger partial charge on any atom is -0.497 e. The number of ether oxygens (including phenoxy) is 1. The molecule has 0 bridgehead atoms. The Balaban J connectivity index is 1.72. The number of nitrogens with one attached hydrogen (secondary N) is 1. The molecule has 110 valence electrons. The van der Waals surface area contributed by atoms with E-state index in [1.807, 2.05) is 54.6 Å². The SMILES string of the molecule is COc1cccc(CC(=O)Nc2cnc3ccccc3c2)c1. The number of para-hydroxylation sites is 1. The molecule has 0 aliphatic heterocycles. The maximum atomic E-state index is 12.1. The predicted octanol–water partition coefficient (Wildman–Crippen LogP) is 3.42. The van der Waals surface area contributed by atoms with Crippen molar-refractivity contribution in [2.45, 2.75) is 6.42 Å². The Morgan fingerprint density at radius 1 is 1.14 bits per heavy atom. The van der Waals surface area contributed by atoms with Crippen LogP contribution in [0.3, 0.4) is 0 Å². The van der Waals surface area contributed by atoms with Crippen molar-refractivity contribution >= 4 is 22.5 Å². The summed E-state index contributed by atoms with van der Waals surface area (Å²) in [6.45, 7) is 0. The van der Waals surface area contributed by atoms with E-state index in [1.54, 1.807) is 13.3 Å². The van der Waals surface area contributed by atoms with Crippen molar-refractivity contribution in [2.75, 3.05) is 12.4 Å². The first-order chi connectivity index (χ1) is 10.7. The largest absolute Gasteiger partial charge is 0.497 e. The van der Waals surface area contributed by atoms with E-state index in [-0.39, 0.29) is 5.91 Å². The van der Waals surface area contributed by atoms with Crippen LogP contribution in [0.25, 0.3) is 10.9 Å². The molecule has 0 aliphatic rings. The Kier molecular flexibility index (Phi) is 4.01. The topological polar surface area (TPSA) is 51.2 Å².